The van der Waals surface area contributed by atoms with Crippen LogP contribution in [0.25, 0.3) is 0 Å². The minimum absolute atomic E-state index is 0.160. The summed E-state index contributed by atoms with van der Waals surface area (Å²) >= 11 is 7.24. The molecule has 0 aliphatic carbocycles. The predicted octanol–water partition coefficient (Wildman–Crippen LogP) is 4.51. The van der Waals surface area contributed by atoms with E-state index < -0.39 is 5.97 Å². The van der Waals surface area contributed by atoms with Crippen LogP contribution in [0.15, 0.2) is 24.3 Å². The highest BCUT2D eigenvalue weighted by atomic mass is 35.5. The number of thiazole rings is 1. The number of aliphatic carboxylic acids is 1. The van der Waals surface area contributed by atoms with Gasteiger partial charge in [-0.15, -0.1) is 0 Å². The van der Waals surface area contributed by atoms with Crippen LogP contribution in [-0.4, -0.2) is 16.1 Å². The molecule has 0 bridgehead atoms. The maximum atomic E-state index is 10.7. The van der Waals surface area contributed by atoms with Gasteiger partial charge >= 0.3 is 5.97 Å². The molecule has 0 aliphatic rings. The Labute approximate surface area is 132 Å². The average molecular weight is 325 g/mol. The van der Waals surface area contributed by atoms with E-state index in [-0.39, 0.29) is 6.42 Å². The number of hydrogen-bond acceptors (Lipinski definition) is 4. The molecule has 0 fully saturated rings. The van der Waals surface area contributed by atoms with E-state index in [0.29, 0.717) is 15.2 Å². The number of rotatable bonds is 7. The molecule has 2 N–H and O–H groups in total. The third-order valence-corrected chi connectivity index (χ3v) is 4.24. The lowest BCUT2D eigenvalue weighted by molar-refractivity contribution is -0.136. The SMILES string of the molecule is CCCCc1ccc(Nc2nc(CC(=O)O)c(Cl)s2)cc1. The lowest BCUT2D eigenvalue weighted by Crippen LogP contribution is -2.01. The molecular weight excluding hydrogens is 308 g/mol. The molecule has 1 aromatic heterocycles. The highest BCUT2D eigenvalue weighted by molar-refractivity contribution is 7.19. The van der Waals surface area contributed by atoms with E-state index in [1.165, 1.54) is 29.7 Å². The van der Waals surface area contributed by atoms with Crippen LogP contribution in [0.3, 0.4) is 0 Å². The van der Waals surface area contributed by atoms with Crippen LogP contribution >= 0.6 is 22.9 Å². The molecule has 6 heteroatoms. The van der Waals surface area contributed by atoms with Gasteiger partial charge in [-0.3, -0.25) is 4.79 Å². The zero-order chi connectivity index (χ0) is 15.2. The molecule has 0 amide bonds. The molecule has 112 valence electrons. The minimum Gasteiger partial charge on any atom is -0.481 e. The number of anilines is 2. The second-order valence-corrected chi connectivity index (χ2v) is 6.34. The van der Waals surface area contributed by atoms with Gasteiger partial charge in [-0.25, -0.2) is 4.98 Å². The molecule has 0 radical (unpaired) electrons. The van der Waals surface area contributed by atoms with Crippen molar-refractivity contribution in [2.24, 2.45) is 0 Å². The summed E-state index contributed by atoms with van der Waals surface area (Å²) in [6.07, 6.45) is 3.30. The van der Waals surface area contributed by atoms with Gasteiger partial charge in [0.05, 0.1) is 12.1 Å². The molecule has 0 spiro atoms. The fourth-order valence-electron chi connectivity index (χ4n) is 1.90. The molecule has 4 nitrogen and oxygen atoms in total. The number of benzene rings is 1. The van der Waals surface area contributed by atoms with Gasteiger partial charge in [-0.2, -0.15) is 0 Å². The van der Waals surface area contributed by atoms with Gasteiger partial charge in [-0.1, -0.05) is 48.4 Å². The summed E-state index contributed by atoms with van der Waals surface area (Å²) < 4.78 is 0.416. The summed E-state index contributed by atoms with van der Waals surface area (Å²) in [6.45, 7) is 2.18. The maximum Gasteiger partial charge on any atom is 0.309 e. The van der Waals surface area contributed by atoms with Crippen molar-refractivity contribution in [2.75, 3.05) is 5.32 Å². The monoisotopic (exact) mass is 324 g/mol. The summed E-state index contributed by atoms with van der Waals surface area (Å²) in [7, 11) is 0. The standard InChI is InChI=1S/C15H17ClN2O2S/c1-2-3-4-10-5-7-11(8-6-10)17-15-18-12(9-13(19)20)14(16)21-15/h5-8H,2-4,9H2,1H3,(H,17,18)(H,19,20). The van der Waals surface area contributed by atoms with Gasteiger partial charge in [0.15, 0.2) is 5.13 Å². The van der Waals surface area contributed by atoms with Crippen LogP contribution in [0.2, 0.25) is 4.34 Å². The molecule has 0 saturated heterocycles. The maximum absolute atomic E-state index is 10.7. The number of nitrogens with one attached hydrogen (secondary N) is 1. The summed E-state index contributed by atoms with van der Waals surface area (Å²) in [6, 6.07) is 8.17. The number of nitrogens with zero attached hydrogens (tertiary/aromatic N) is 1. The van der Waals surface area contributed by atoms with Gasteiger partial charge in [0.1, 0.15) is 4.34 Å². The molecule has 21 heavy (non-hydrogen) atoms. The van der Waals surface area contributed by atoms with E-state index >= 15 is 0 Å². The Morgan fingerprint density at radius 2 is 2.10 bits per heavy atom. The lowest BCUT2D eigenvalue weighted by atomic mass is 10.1. The van der Waals surface area contributed by atoms with Crippen molar-refractivity contribution in [3.05, 3.63) is 39.9 Å². The Hall–Kier alpha value is -1.59. The van der Waals surface area contributed by atoms with Crippen molar-refractivity contribution in [1.29, 1.82) is 0 Å². The highest BCUT2D eigenvalue weighted by Crippen LogP contribution is 2.30. The third kappa shape index (κ3) is 4.72. The van der Waals surface area contributed by atoms with Gasteiger partial charge in [0, 0.05) is 5.69 Å². The van der Waals surface area contributed by atoms with Crippen LogP contribution in [0.4, 0.5) is 10.8 Å². The largest absolute Gasteiger partial charge is 0.481 e. The van der Waals surface area contributed by atoms with E-state index in [1.54, 1.807) is 0 Å². The van der Waals surface area contributed by atoms with Crippen LogP contribution in [-0.2, 0) is 17.6 Å². The molecule has 0 saturated carbocycles. The number of carboxylic acids is 1. The van der Waals surface area contributed by atoms with E-state index in [2.05, 4.69) is 29.4 Å². The van der Waals surface area contributed by atoms with Crippen molar-refractivity contribution >= 4 is 39.7 Å². The number of hydrogen-bond donors (Lipinski definition) is 2. The first kappa shape index (κ1) is 15.8. The van der Waals surface area contributed by atoms with Crippen molar-refractivity contribution in [1.82, 2.24) is 4.98 Å². The molecule has 2 aromatic rings. The number of halogens is 1. The minimum atomic E-state index is -0.936. The second kappa shape index (κ2) is 7.43. The Morgan fingerprint density at radius 3 is 2.71 bits per heavy atom. The van der Waals surface area contributed by atoms with Crippen molar-refractivity contribution in [3.8, 4) is 0 Å². The zero-order valence-electron chi connectivity index (χ0n) is 11.7. The second-order valence-electron chi connectivity index (χ2n) is 4.74. The van der Waals surface area contributed by atoms with Crippen LogP contribution < -0.4 is 5.32 Å². The topological polar surface area (TPSA) is 62.2 Å². The number of carboxylic acid groups (broad SMARTS) is 1. The number of unbranched alkanes of at least 4 members (excludes halogenated alkanes) is 1. The summed E-state index contributed by atoms with van der Waals surface area (Å²) in [5, 5.41) is 12.5. The fourth-order valence-corrected chi connectivity index (χ4v) is 2.96. The van der Waals surface area contributed by atoms with E-state index in [9.17, 15) is 4.79 Å². The van der Waals surface area contributed by atoms with Crippen molar-refractivity contribution in [2.45, 2.75) is 32.6 Å². The molecule has 2 rings (SSSR count). The Bertz CT molecular complexity index is 611. The molecule has 0 unspecified atom stereocenters. The first-order chi connectivity index (χ1) is 10.1. The van der Waals surface area contributed by atoms with Gasteiger partial charge in [0.2, 0.25) is 0 Å². The molecular formula is C15H17ClN2O2S. The third-order valence-electron chi connectivity index (χ3n) is 2.99. The first-order valence-electron chi connectivity index (χ1n) is 6.81. The lowest BCUT2D eigenvalue weighted by Gasteiger charge is -2.04. The zero-order valence-corrected chi connectivity index (χ0v) is 13.3. The molecule has 1 heterocycles. The Balaban J connectivity index is 2.02. The average Bonchev–Trinajstić information content (AvgIpc) is 2.77. The van der Waals surface area contributed by atoms with Crippen LogP contribution in [0.5, 0.6) is 0 Å². The number of aryl methyl sites for hydroxylation is 1. The Kier molecular flexibility index (Phi) is 5.59. The van der Waals surface area contributed by atoms with Crippen LogP contribution in [0, 0.1) is 0 Å². The Morgan fingerprint density at radius 1 is 1.38 bits per heavy atom. The summed E-state index contributed by atoms with van der Waals surface area (Å²) in [5.74, 6) is -0.936. The van der Waals surface area contributed by atoms with Crippen molar-refractivity contribution in [3.63, 3.8) is 0 Å². The molecule has 1 aromatic carbocycles. The summed E-state index contributed by atoms with van der Waals surface area (Å²) in [4.78, 5) is 14.9. The van der Waals surface area contributed by atoms with Crippen molar-refractivity contribution < 1.29 is 9.90 Å². The van der Waals surface area contributed by atoms with Gasteiger partial charge < -0.3 is 10.4 Å². The van der Waals surface area contributed by atoms with Crippen LogP contribution in [0.1, 0.15) is 31.0 Å². The first-order valence-corrected chi connectivity index (χ1v) is 8.01. The molecule has 0 atom stereocenters. The smallest absolute Gasteiger partial charge is 0.309 e. The van der Waals surface area contributed by atoms with E-state index in [4.69, 9.17) is 16.7 Å². The number of aromatic nitrogens is 1. The van der Waals surface area contributed by atoms with E-state index in [0.717, 1.165) is 12.1 Å². The van der Waals surface area contributed by atoms with E-state index in [1.807, 2.05) is 12.1 Å². The highest BCUT2D eigenvalue weighted by Gasteiger charge is 2.12. The predicted molar refractivity (Wildman–Crippen MR) is 86.8 cm³/mol. The van der Waals surface area contributed by atoms with Gasteiger partial charge in [-0.05, 0) is 30.5 Å². The quantitative estimate of drug-likeness (QED) is 0.786. The fraction of sp³-hybridized carbons (Fsp3) is 0.333. The normalized spacial score (nSPS) is 10.6. The van der Waals surface area contributed by atoms with Gasteiger partial charge in [0.25, 0.3) is 0 Å². The molecule has 0 aliphatic heterocycles. The number of carbonyl (C=O) groups is 1. The summed E-state index contributed by atoms with van der Waals surface area (Å²) in [5.41, 5.74) is 2.63.